The molecule has 0 aromatic carbocycles. The van der Waals surface area contributed by atoms with Crippen LogP contribution >= 0.6 is 11.3 Å². The molecule has 3 heterocycles. The number of rotatable bonds is 5. The zero-order valence-corrected chi connectivity index (χ0v) is 13.2. The molecule has 1 saturated heterocycles. The fraction of sp³-hybridized carbons (Fsp3) is 0.375. The topological polar surface area (TPSA) is 51.7 Å². The average molecular weight is 318 g/mol. The molecule has 3 rings (SSSR count). The number of thiophene rings is 1. The van der Waals surface area contributed by atoms with Crippen LogP contribution in [0.2, 0.25) is 0 Å². The van der Waals surface area contributed by atoms with Crippen molar-refractivity contribution in [3.8, 4) is 5.88 Å². The van der Waals surface area contributed by atoms with Crippen molar-refractivity contribution in [3.05, 3.63) is 46.3 Å². The Morgan fingerprint density at radius 2 is 2.45 bits per heavy atom. The Labute approximate surface area is 133 Å². The van der Waals surface area contributed by atoms with Gasteiger partial charge < -0.3 is 14.4 Å². The van der Waals surface area contributed by atoms with Gasteiger partial charge in [-0.15, -0.1) is 0 Å². The van der Waals surface area contributed by atoms with Gasteiger partial charge in [0.25, 0.3) is 5.91 Å². The molecule has 0 aliphatic carbocycles. The number of pyridine rings is 1. The summed E-state index contributed by atoms with van der Waals surface area (Å²) < 4.78 is 11.0. The lowest BCUT2D eigenvalue weighted by Crippen LogP contribution is -2.26. The molecule has 2 aromatic rings. The molecular weight excluding hydrogens is 300 g/mol. The maximum atomic E-state index is 12.5. The van der Waals surface area contributed by atoms with Gasteiger partial charge in [-0.2, -0.15) is 11.3 Å². The van der Waals surface area contributed by atoms with Crippen LogP contribution in [-0.2, 0) is 11.3 Å². The lowest BCUT2D eigenvalue weighted by Gasteiger charge is -2.17. The van der Waals surface area contributed by atoms with Crippen LogP contribution in [0.3, 0.4) is 0 Å². The molecule has 5 nitrogen and oxygen atoms in total. The van der Waals surface area contributed by atoms with Crippen LogP contribution in [0.5, 0.6) is 5.88 Å². The van der Waals surface area contributed by atoms with Crippen LogP contribution in [0.1, 0.15) is 22.3 Å². The van der Waals surface area contributed by atoms with Gasteiger partial charge in [-0.1, -0.05) is 0 Å². The Balaban J connectivity index is 1.66. The standard InChI is InChI=1S/C16H18N2O3S/c1-18(9-12-4-7-22-11-12)16(19)13-2-5-17-15(8-13)21-14-3-6-20-10-14/h2,4-5,7-8,11,14H,3,6,9-10H2,1H3. The third-order valence-electron chi connectivity index (χ3n) is 3.50. The molecular formula is C16H18N2O3S. The second-order valence-corrected chi connectivity index (χ2v) is 6.06. The van der Waals surface area contributed by atoms with E-state index in [0.717, 1.165) is 12.0 Å². The molecule has 0 radical (unpaired) electrons. The summed E-state index contributed by atoms with van der Waals surface area (Å²) in [5.74, 6) is 0.436. The molecule has 2 aromatic heterocycles. The average Bonchev–Trinajstić information content (AvgIpc) is 3.20. The van der Waals surface area contributed by atoms with Crippen LogP contribution in [0, 0.1) is 0 Å². The van der Waals surface area contributed by atoms with Gasteiger partial charge in [0.15, 0.2) is 0 Å². The SMILES string of the molecule is CN(Cc1ccsc1)C(=O)c1ccnc(OC2CCOC2)c1. The van der Waals surface area contributed by atoms with Crippen molar-refractivity contribution < 1.29 is 14.3 Å². The smallest absolute Gasteiger partial charge is 0.254 e. The fourth-order valence-corrected chi connectivity index (χ4v) is 2.99. The van der Waals surface area contributed by atoms with Gasteiger partial charge in [-0.25, -0.2) is 4.98 Å². The maximum Gasteiger partial charge on any atom is 0.254 e. The predicted molar refractivity (Wildman–Crippen MR) is 84.2 cm³/mol. The van der Waals surface area contributed by atoms with Gasteiger partial charge in [-0.05, 0) is 28.5 Å². The summed E-state index contributed by atoms with van der Waals surface area (Å²) in [5, 5.41) is 4.06. The number of carbonyl (C=O) groups is 1. The molecule has 6 heteroatoms. The Kier molecular flexibility index (Phi) is 4.70. The van der Waals surface area contributed by atoms with Gasteiger partial charge in [0.05, 0.1) is 13.2 Å². The van der Waals surface area contributed by atoms with Crippen molar-refractivity contribution >= 4 is 17.2 Å². The number of carbonyl (C=O) groups excluding carboxylic acids is 1. The molecule has 22 heavy (non-hydrogen) atoms. The van der Waals surface area contributed by atoms with Crippen molar-refractivity contribution in [2.24, 2.45) is 0 Å². The first kappa shape index (κ1) is 15.0. The Morgan fingerprint density at radius 1 is 1.55 bits per heavy atom. The zero-order valence-electron chi connectivity index (χ0n) is 12.4. The van der Waals surface area contributed by atoms with Crippen molar-refractivity contribution in [2.45, 2.75) is 19.1 Å². The number of nitrogens with zero attached hydrogens (tertiary/aromatic N) is 2. The summed E-state index contributed by atoms with van der Waals surface area (Å²) in [6.45, 7) is 1.89. The Bertz CT molecular complexity index is 624. The van der Waals surface area contributed by atoms with Gasteiger partial charge in [0, 0.05) is 37.8 Å². The molecule has 1 atom stereocenters. The van der Waals surface area contributed by atoms with Gasteiger partial charge in [-0.3, -0.25) is 4.79 Å². The first-order valence-corrected chi connectivity index (χ1v) is 8.13. The highest BCUT2D eigenvalue weighted by atomic mass is 32.1. The second-order valence-electron chi connectivity index (χ2n) is 5.28. The van der Waals surface area contributed by atoms with E-state index in [1.165, 1.54) is 0 Å². The van der Waals surface area contributed by atoms with Crippen molar-refractivity contribution in [1.29, 1.82) is 0 Å². The summed E-state index contributed by atoms with van der Waals surface area (Å²) >= 11 is 1.63. The second kappa shape index (κ2) is 6.89. The van der Waals surface area contributed by atoms with Crippen molar-refractivity contribution in [1.82, 2.24) is 9.88 Å². The van der Waals surface area contributed by atoms with E-state index in [1.807, 2.05) is 16.8 Å². The third-order valence-corrected chi connectivity index (χ3v) is 4.24. The predicted octanol–water partition coefficient (Wildman–Crippen LogP) is 2.58. The lowest BCUT2D eigenvalue weighted by atomic mass is 10.2. The minimum Gasteiger partial charge on any atom is -0.472 e. The normalized spacial score (nSPS) is 17.4. The van der Waals surface area contributed by atoms with E-state index in [2.05, 4.69) is 4.98 Å². The first-order chi connectivity index (χ1) is 10.7. The molecule has 1 aliphatic rings. The third kappa shape index (κ3) is 3.64. The van der Waals surface area contributed by atoms with E-state index in [4.69, 9.17) is 9.47 Å². The number of hydrogen-bond acceptors (Lipinski definition) is 5. The van der Waals surface area contributed by atoms with E-state index in [0.29, 0.717) is 31.2 Å². The molecule has 0 bridgehead atoms. The maximum absolute atomic E-state index is 12.5. The van der Waals surface area contributed by atoms with E-state index in [9.17, 15) is 4.79 Å². The lowest BCUT2D eigenvalue weighted by molar-refractivity contribution is 0.0784. The Morgan fingerprint density at radius 3 is 3.18 bits per heavy atom. The molecule has 1 unspecified atom stereocenters. The van der Waals surface area contributed by atoms with Crippen LogP contribution in [0.15, 0.2) is 35.2 Å². The largest absolute Gasteiger partial charge is 0.472 e. The first-order valence-electron chi connectivity index (χ1n) is 7.19. The van der Waals surface area contributed by atoms with Crippen molar-refractivity contribution in [2.75, 3.05) is 20.3 Å². The van der Waals surface area contributed by atoms with Crippen LogP contribution in [0.25, 0.3) is 0 Å². The van der Waals surface area contributed by atoms with E-state index < -0.39 is 0 Å². The van der Waals surface area contributed by atoms with Crippen LogP contribution < -0.4 is 4.74 Å². The van der Waals surface area contributed by atoms with Gasteiger partial charge in [0.1, 0.15) is 6.10 Å². The minimum atomic E-state index is -0.0406. The van der Waals surface area contributed by atoms with E-state index in [1.54, 1.807) is 41.6 Å². The number of ether oxygens (including phenoxy) is 2. The summed E-state index contributed by atoms with van der Waals surface area (Å²) in [5.41, 5.74) is 1.72. The highest BCUT2D eigenvalue weighted by Gasteiger charge is 2.19. The summed E-state index contributed by atoms with van der Waals surface area (Å²) in [6.07, 6.45) is 2.50. The molecule has 1 aliphatic heterocycles. The molecule has 1 amide bonds. The number of hydrogen-bond donors (Lipinski definition) is 0. The van der Waals surface area contributed by atoms with Gasteiger partial charge >= 0.3 is 0 Å². The molecule has 0 saturated carbocycles. The molecule has 1 fully saturated rings. The van der Waals surface area contributed by atoms with E-state index in [-0.39, 0.29) is 12.0 Å². The number of aromatic nitrogens is 1. The molecule has 0 N–H and O–H groups in total. The van der Waals surface area contributed by atoms with Crippen molar-refractivity contribution in [3.63, 3.8) is 0 Å². The quantitative estimate of drug-likeness (QED) is 0.850. The monoisotopic (exact) mass is 318 g/mol. The summed E-state index contributed by atoms with van der Waals surface area (Å²) in [4.78, 5) is 18.3. The highest BCUT2D eigenvalue weighted by molar-refractivity contribution is 7.07. The van der Waals surface area contributed by atoms with Crippen LogP contribution in [-0.4, -0.2) is 42.2 Å². The fourth-order valence-electron chi connectivity index (χ4n) is 2.33. The Hall–Kier alpha value is -1.92. The molecule has 116 valence electrons. The zero-order chi connectivity index (χ0) is 15.4. The van der Waals surface area contributed by atoms with Crippen LogP contribution in [0.4, 0.5) is 0 Å². The highest BCUT2D eigenvalue weighted by Crippen LogP contribution is 2.17. The summed E-state index contributed by atoms with van der Waals surface area (Å²) in [6, 6.07) is 5.44. The van der Waals surface area contributed by atoms with Gasteiger partial charge in [0.2, 0.25) is 5.88 Å². The van der Waals surface area contributed by atoms with E-state index >= 15 is 0 Å². The summed E-state index contributed by atoms with van der Waals surface area (Å²) in [7, 11) is 1.80. The molecule has 0 spiro atoms. The number of amides is 1. The minimum absolute atomic E-state index is 0.0291.